The number of nitrogens with one attached hydrogen (secondary N) is 1. The lowest BCUT2D eigenvalue weighted by atomic mass is 9.94. The second kappa shape index (κ2) is 10.4. The molecule has 1 aromatic rings. The molecule has 1 aliphatic carbocycles. The molecule has 1 aromatic carbocycles. The number of amides is 1. The van der Waals surface area contributed by atoms with Crippen LogP contribution in [0.5, 0.6) is 0 Å². The van der Waals surface area contributed by atoms with Gasteiger partial charge in [0.2, 0.25) is 5.91 Å². The lowest BCUT2D eigenvalue weighted by Gasteiger charge is -2.21. The lowest BCUT2D eigenvalue weighted by molar-refractivity contribution is -0.141. The van der Waals surface area contributed by atoms with Gasteiger partial charge in [-0.25, -0.2) is 0 Å². The summed E-state index contributed by atoms with van der Waals surface area (Å²) in [6.45, 7) is 1.60. The fourth-order valence-corrected chi connectivity index (χ4v) is 3.19. The minimum Gasteiger partial charge on any atom is -0.481 e. The number of hydrogen-bond acceptors (Lipinski definition) is 3. The molecule has 6 heteroatoms. The molecule has 0 fully saturated rings. The predicted octanol–water partition coefficient (Wildman–Crippen LogP) is 3.42. The summed E-state index contributed by atoms with van der Waals surface area (Å²) < 4.78 is 0. The summed E-state index contributed by atoms with van der Waals surface area (Å²) in [6, 6.07) is 7.66. The number of carbonyl (C=O) groups is 3. The van der Waals surface area contributed by atoms with Gasteiger partial charge in [0.1, 0.15) is 0 Å². The van der Waals surface area contributed by atoms with E-state index in [4.69, 9.17) is 5.11 Å². The predicted molar refractivity (Wildman–Crippen MR) is 107 cm³/mol. The molecular formula is C22H27NO5. The average Bonchev–Trinajstić information content (AvgIpc) is 2.67. The molecular weight excluding hydrogens is 358 g/mol. The van der Waals surface area contributed by atoms with Gasteiger partial charge in [0.15, 0.2) is 0 Å². The average molecular weight is 385 g/mol. The molecule has 2 atom stereocenters. The quantitative estimate of drug-likeness (QED) is 0.572. The van der Waals surface area contributed by atoms with Gasteiger partial charge >= 0.3 is 11.9 Å². The van der Waals surface area contributed by atoms with Crippen LogP contribution in [0.15, 0.2) is 42.5 Å². The van der Waals surface area contributed by atoms with Gasteiger partial charge in [-0.05, 0) is 42.4 Å². The minimum atomic E-state index is -1.03. The summed E-state index contributed by atoms with van der Waals surface area (Å²) >= 11 is 0. The third kappa shape index (κ3) is 7.02. The molecule has 1 amide bonds. The molecule has 0 bridgehead atoms. The first kappa shape index (κ1) is 21.4. The van der Waals surface area contributed by atoms with Crippen molar-refractivity contribution in [3.63, 3.8) is 0 Å². The van der Waals surface area contributed by atoms with E-state index in [1.165, 1.54) is 5.57 Å². The van der Waals surface area contributed by atoms with Gasteiger partial charge in [-0.15, -0.1) is 0 Å². The van der Waals surface area contributed by atoms with Gasteiger partial charge in [-0.3, -0.25) is 14.4 Å². The Labute approximate surface area is 165 Å². The largest absolute Gasteiger partial charge is 0.481 e. The maximum absolute atomic E-state index is 12.0. The van der Waals surface area contributed by atoms with Gasteiger partial charge < -0.3 is 15.5 Å². The number of allylic oxidation sites excluding steroid dienone is 4. The van der Waals surface area contributed by atoms with Crippen LogP contribution >= 0.6 is 0 Å². The molecule has 28 heavy (non-hydrogen) atoms. The molecule has 3 N–H and O–H groups in total. The van der Waals surface area contributed by atoms with Crippen LogP contribution in [-0.4, -0.2) is 34.1 Å². The summed E-state index contributed by atoms with van der Waals surface area (Å²) in [4.78, 5) is 33.9. The summed E-state index contributed by atoms with van der Waals surface area (Å²) in [7, 11) is 0. The highest BCUT2D eigenvalue weighted by Crippen LogP contribution is 2.22. The van der Waals surface area contributed by atoms with E-state index >= 15 is 0 Å². The molecule has 0 spiro atoms. The third-order valence-electron chi connectivity index (χ3n) is 4.76. The minimum absolute atomic E-state index is 0.118. The van der Waals surface area contributed by atoms with Crippen molar-refractivity contribution in [3.05, 3.63) is 53.6 Å². The highest BCUT2D eigenvalue weighted by Gasteiger charge is 2.21. The van der Waals surface area contributed by atoms with Gasteiger partial charge in [0.05, 0.1) is 12.3 Å². The van der Waals surface area contributed by atoms with E-state index in [0.29, 0.717) is 6.42 Å². The van der Waals surface area contributed by atoms with Crippen LogP contribution in [0.2, 0.25) is 0 Å². The normalized spacial score (nSPS) is 15.4. The Bertz CT molecular complexity index is 764. The van der Waals surface area contributed by atoms with E-state index in [1.807, 2.05) is 24.3 Å². The Morgan fingerprint density at radius 2 is 1.79 bits per heavy atom. The number of carboxylic acids is 2. The number of benzene rings is 1. The SMILES string of the molecule is CC(CC(Cc1ccc(C2=CCCC=C2)cc1)NC(=O)CCC(=O)O)C(=O)O. The second-order valence-electron chi connectivity index (χ2n) is 7.17. The van der Waals surface area contributed by atoms with Crippen LogP contribution in [0, 0.1) is 5.92 Å². The van der Waals surface area contributed by atoms with E-state index in [1.54, 1.807) is 6.92 Å². The van der Waals surface area contributed by atoms with Crippen molar-refractivity contribution < 1.29 is 24.6 Å². The number of rotatable bonds is 10. The molecule has 0 radical (unpaired) electrons. The van der Waals surface area contributed by atoms with Gasteiger partial charge in [-0.1, -0.05) is 49.4 Å². The maximum atomic E-state index is 12.0. The Hall–Kier alpha value is -2.89. The van der Waals surface area contributed by atoms with Crippen LogP contribution in [0.25, 0.3) is 5.57 Å². The van der Waals surface area contributed by atoms with Crippen molar-refractivity contribution in [3.8, 4) is 0 Å². The van der Waals surface area contributed by atoms with Crippen molar-refractivity contribution in [2.45, 2.75) is 51.5 Å². The summed E-state index contributed by atoms with van der Waals surface area (Å²) in [5.74, 6) is -2.94. The van der Waals surface area contributed by atoms with E-state index < -0.39 is 17.9 Å². The van der Waals surface area contributed by atoms with E-state index in [0.717, 1.165) is 24.0 Å². The Kier molecular flexibility index (Phi) is 7.99. The van der Waals surface area contributed by atoms with Crippen LogP contribution in [0.3, 0.4) is 0 Å². The fourth-order valence-electron chi connectivity index (χ4n) is 3.19. The van der Waals surface area contributed by atoms with Crippen LogP contribution < -0.4 is 5.32 Å². The molecule has 2 unspecified atom stereocenters. The summed E-state index contributed by atoms with van der Waals surface area (Å²) in [5, 5.41) is 20.7. The van der Waals surface area contributed by atoms with Gasteiger partial charge in [0, 0.05) is 12.5 Å². The van der Waals surface area contributed by atoms with Gasteiger partial charge in [0.25, 0.3) is 0 Å². The molecule has 1 aliphatic rings. The Balaban J connectivity index is 2.04. The Morgan fingerprint density at radius 1 is 1.07 bits per heavy atom. The lowest BCUT2D eigenvalue weighted by Crippen LogP contribution is -2.38. The second-order valence-corrected chi connectivity index (χ2v) is 7.17. The van der Waals surface area contributed by atoms with Crippen molar-refractivity contribution in [2.24, 2.45) is 5.92 Å². The monoisotopic (exact) mass is 385 g/mol. The first-order valence-corrected chi connectivity index (χ1v) is 9.55. The molecule has 0 aliphatic heterocycles. The molecule has 0 aromatic heterocycles. The smallest absolute Gasteiger partial charge is 0.306 e. The summed E-state index contributed by atoms with van der Waals surface area (Å²) in [6.07, 6.45) is 8.97. The standard InChI is InChI=1S/C22H27NO5/c1-15(22(27)28)13-19(23-20(24)11-12-21(25)26)14-16-7-9-18(10-8-16)17-5-3-2-4-6-17/h3,5-10,15,19H,2,4,11-14H2,1H3,(H,23,24)(H,25,26)(H,27,28). The fraction of sp³-hybridized carbons (Fsp3) is 0.409. The molecule has 0 saturated carbocycles. The Morgan fingerprint density at radius 3 is 2.36 bits per heavy atom. The number of hydrogen-bond donors (Lipinski definition) is 3. The topological polar surface area (TPSA) is 104 Å². The molecule has 6 nitrogen and oxygen atoms in total. The van der Waals surface area contributed by atoms with Crippen LogP contribution in [-0.2, 0) is 20.8 Å². The van der Waals surface area contributed by atoms with Crippen molar-refractivity contribution in [2.75, 3.05) is 0 Å². The zero-order valence-corrected chi connectivity index (χ0v) is 16.1. The molecule has 0 heterocycles. The van der Waals surface area contributed by atoms with E-state index in [-0.39, 0.29) is 31.2 Å². The maximum Gasteiger partial charge on any atom is 0.306 e. The molecule has 150 valence electrons. The van der Waals surface area contributed by atoms with E-state index in [2.05, 4.69) is 23.5 Å². The highest BCUT2D eigenvalue weighted by molar-refractivity contribution is 5.81. The van der Waals surface area contributed by atoms with Crippen molar-refractivity contribution >= 4 is 23.4 Å². The van der Waals surface area contributed by atoms with Crippen molar-refractivity contribution in [1.29, 1.82) is 0 Å². The highest BCUT2D eigenvalue weighted by atomic mass is 16.4. The first-order valence-electron chi connectivity index (χ1n) is 9.55. The number of carbonyl (C=O) groups excluding carboxylic acids is 1. The third-order valence-corrected chi connectivity index (χ3v) is 4.76. The number of carboxylic acid groups (broad SMARTS) is 2. The first-order chi connectivity index (χ1) is 13.3. The zero-order chi connectivity index (χ0) is 20.5. The number of aliphatic carboxylic acids is 2. The zero-order valence-electron chi connectivity index (χ0n) is 16.1. The van der Waals surface area contributed by atoms with Gasteiger partial charge in [-0.2, -0.15) is 0 Å². The molecule has 2 rings (SSSR count). The van der Waals surface area contributed by atoms with E-state index in [9.17, 15) is 19.5 Å². The molecule has 0 saturated heterocycles. The summed E-state index contributed by atoms with van der Waals surface area (Å²) in [5.41, 5.74) is 3.31. The van der Waals surface area contributed by atoms with Crippen LogP contribution in [0.4, 0.5) is 0 Å². The van der Waals surface area contributed by atoms with Crippen LogP contribution in [0.1, 0.15) is 50.2 Å². The van der Waals surface area contributed by atoms with Crippen molar-refractivity contribution in [1.82, 2.24) is 5.32 Å².